The number of alkyl halides is 1. The largest absolute Gasteiger partial charge is 0.396 e. The fourth-order valence-electron chi connectivity index (χ4n) is 2.55. The molecule has 3 atom stereocenters. The van der Waals surface area contributed by atoms with Gasteiger partial charge in [-0.1, -0.05) is 25.4 Å². The zero-order valence-corrected chi connectivity index (χ0v) is 13.5. The van der Waals surface area contributed by atoms with Crippen molar-refractivity contribution in [3.8, 4) is 0 Å². The molecule has 0 bridgehead atoms. The molecule has 0 aromatic rings. The van der Waals surface area contributed by atoms with Crippen LogP contribution >= 0.6 is 11.6 Å². The molecule has 2 N–H and O–H groups in total. The average Bonchev–Trinajstić information content (AvgIpc) is 2.32. The first-order valence-corrected chi connectivity index (χ1v) is 7.35. The lowest BCUT2D eigenvalue weighted by Crippen LogP contribution is -2.59. The molecule has 0 aromatic carbocycles. The molecule has 1 heterocycles. The second-order valence-electron chi connectivity index (χ2n) is 6.93. The molecule has 114 valence electrons. The van der Waals surface area contributed by atoms with Gasteiger partial charge < -0.3 is 15.1 Å². The number of ether oxygens (including phenoxy) is 1. The number of hydrogen-bond acceptors (Lipinski definition) is 4. The Morgan fingerprint density at radius 3 is 2.37 bits per heavy atom. The van der Waals surface area contributed by atoms with Gasteiger partial charge in [0.2, 0.25) is 0 Å². The van der Waals surface area contributed by atoms with Crippen LogP contribution in [-0.4, -0.2) is 45.2 Å². The lowest BCUT2D eigenvalue weighted by atomic mass is 9.85. The van der Waals surface area contributed by atoms with Crippen molar-refractivity contribution >= 4 is 11.6 Å². The van der Waals surface area contributed by atoms with E-state index in [-0.39, 0.29) is 18.1 Å². The first-order chi connectivity index (χ1) is 8.56. The van der Waals surface area contributed by atoms with E-state index in [4.69, 9.17) is 16.3 Å². The van der Waals surface area contributed by atoms with Crippen molar-refractivity contribution in [3.63, 3.8) is 0 Å². The smallest absolute Gasteiger partial charge is 0.119 e. The molecule has 3 unspecified atom stereocenters. The highest BCUT2D eigenvalue weighted by molar-refractivity contribution is 6.23. The summed E-state index contributed by atoms with van der Waals surface area (Å²) < 4.78 is 5.97. The van der Waals surface area contributed by atoms with E-state index in [0.29, 0.717) is 13.0 Å². The lowest BCUT2D eigenvalue weighted by molar-refractivity contribution is -0.243. The highest BCUT2D eigenvalue weighted by Crippen LogP contribution is 2.41. The normalized spacial score (nSPS) is 35.1. The summed E-state index contributed by atoms with van der Waals surface area (Å²) in [5.41, 5.74) is -0.621. The second-order valence-corrected chi connectivity index (χ2v) is 7.74. The summed E-state index contributed by atoms with van der Waals surface area (Å²) in [7, 11) is 0. The van der Waals surface area contributed by atoms with E-state index in [9.17, 15) is 10.3 Å². The van der Waals surface area contributed by atoms with Crippen LogP contribution in [0.1, 0.15) is 53.9 Å². The number of aliphatic hydroxyl groups is 1. The molecule has 5 heteroatoms. The minimum absolute atomic E-state index is 0.00155. The van der Waals surface area contributed by atoms with E-state index in [1.807, 2.05) is 27.7 Å². The highest BCUT2D eigenvalue weighted by atomic mass is 35.5. The maximum Gasteiger partial charge on any atom is 0.119 e. The van der Waals surface area contributed by atoms with Crippen LogP contribution in [0, 0.1) is 5.41 Å². The zero-order valence-electron chi connectivity index (χ0n) is 12.7. The molecular weight excluding hydrogens is 266 g/mol. The summed E-state index contributed by atoms with van der Waals surface area (Å²) in [6.45, 7) is 10.4. The van der Waals surface area contributed by atoms with Gasteiger partial charge in [-0.05, 0) is 33.6 Å². The van der Waals surface area contributed by atoms with Crippen LogP contribution in [0.4, 0.5) is 0 Å². The summed E-state index contributed by atoms with van der Waals surface area (Å²) in [6, 6.07) is 0. The third kappa shape index (κ3) is 4.05. The van der Waals surface area contributed by atoms with Crippen LogP contribution in [0.2, 0.25) is 0 Å². The Kier molecular flexibility index (Phi) is 5.30. The van der Waals surface area contributed by atoms with Crippen LogP contribution in [0.25, 0.3) is 0 Å². The third-order valence-electron chi connectivity index (χ3n) is 4.25. The minimum Gasteiger partial charge on any atom is -0.396 e. The van der Waals surface area contributed by atoms with Crippen molar-refractivity contribution in [2.24, 2.45) is 5.41 Å². The monoisotopic (exact) mass is 293 g/mol. The number of piperidine rings is 1. The van der Waals surface area contributed by atoms with Gasteiger partial charge in [0.15, 0.2) is 0 Å². The standard InChI is InChI=1S/C14H28ClNO3/c1-6-13(4,9-17)10-19-11-7-12(2,3)16(18)14(5,15)8-11/h11,17-18H,6-10H2,1-5H3. The van der Waals surface area contributed by atoms with E-state index in [1.54, 1.807) is 6.92 Å². The van der Waals surface area contributed by atoms with Gasteiger partial charge in [0.1, 0.15) is 5.00 Å². The molecular formula is C14H28ClNO3. The summed E-state index contributed by atoms with van der Waals surface area (Å²) in [4.78, 5) is -0.811. The van der Waals surface area contributed by atoms with Crippen molar-refractivity contribution in [2.75, 3.05) is 13.2 Å². The topological polar surface area (TPSA) is 52.9 Å². The van der Waals surface area contributed by atoms with E-state index in [2.05, 4.69) is 0 Å². The number of hydrogen-bond donors (Lipinski definition) is 2. The van der Waals surface area contributed by atoms with Gasteiger partial charge >= 0.3 is 0 Å². The van der Waals surface area contributed by atoms with Crippen molar-refractivity contribution in [3.05, 3.63) is 0 Å². The predicted molar refractivity (Wildman–Crippen MR) is 76.4 cm³/mol. The molecule has 4 nitrogen and oxygen atoms in total. The van der Waals surface area contributed by atoms with E-state index in [0.717, 1.165) is 12.8 Å². The number of rotatable bonds is 5. The van der Waals surface area contributed by atoms with Crippen molar-refractivity contribution in [2.45, 2.75) is 70.5 Å². The van der Waals surface area contributed by atoms with Crippen LogP contribution in [0.15, 0.2) is 0 Å². The number of aliphatic hydroxyl groups excluding tert-OH is 1. The van der Waals surface area contributed by atoms with Gasteiger partial charge in [-0.15, -0.1) is 0 Å². The van der Waals surface area contributed by atoms with Gasteiger partial charge in [0.05, 0.1) is 19.3 Å². The van der Waals surface area contributed by atoms with Gasteiger partial charge in [-0.2, -0.15) is 5.06 Å². The zero-order chi connectivity index (χ0) is 14.9. The summed E-state index contributed by atoms with van der Waals surface area (Å²) in [6.07, 6.45) is 2.15. The number of nitrogens with zero attached hydrogens (tertiary/aromatic N) is 1. The van der Waals surface area contributed by atoms with Crippen LogP contribution in [0.3, 0.4) is 0 Å². The molecule has 0 amide bonds. The van der Waals surface area contributed by atoms with Crippen molar-refractivity contribution in [1.29, 1.82) is 0 Å². The van der Waals surface area contributed by atoms with Crippen molar-refractivity contribution in [1.82, 2.24) is 5.06 Å². The SMILES string of the molecule is CCC(C)(CO)COC1CC(C)(C)N(O)C(C)(Cl)C1. The molecule has 0 spiro atoms. The van der Waals surface area contributed by atoms with Gasteiger partial charge in [-0.3, -0.25) is 0 Å². The molecule has 1 aliphatic rings. The second kappa shape index (κ2) is 5.86. The molecule has 1 rings (SSSR count). The van der Waals surface area contributed by atoms with Crippen molar-refractivity contribution < 1.29 is 15.1 Å². The molecule has 0 radical (unpaired) electrons. The Morgan fingerprint density at radius 2 is 1.95 bits per heavy atom. The van der Waals surface area contributed by atoms with Crippen LogP contribution < -0.4 is 0 Å². The first-order valence-electron chi connectivity index (χ1n) is 6.97. The Balaban J connectivity index is 2.66. The Bertz CT molecular complexity index is 285. The Hall–Kier alpha value is 0.130. The van der Waals surface area contributed by atoms with E-state index < -0.39 is 10.5 Å². The molecule has 1 saturated heterocycles. The maximum absolute atomic E-state index is 10.1. The lowest BCUT2D eigenvalue weighted by Gasteiger charge is -2.50. The number of hydroxylamine groups is 2. The molecule has 1 aliphatic heterocycles. The first kappa shape index (κ1) is 17.2. The van der Waals surface area contributed by atoms with E-state index in [1.165, 1.54) is 5.06 Å². The highest BCUT2D eigenvalue weighted by Gasteiger charge is 2.47. The fourth-order valence-corrected chi connectivity index (χ4v) is 2.95. The third-order valence-corrected chi connectivity index (χ3v) is 4.56. The number of halogens is 1. The quantitative estimate of drug-likeness (QED) is 0.604. The van der Waals surface area contributed by atoms with Gasteiger partial charge in [-0.25, -0.2) is 0 Å². The molecule has 19 heavy (non-hydrogen) atoms. The molecule has 0 saturated carbocycles. The molecule has 0 aliphatic carbocycles. The Labute approximate surface area is 121 Å². The average molecular weight is 294 g/mol. The molecule has 1 fully saturated rings. The maximum atomic E-state index is 10.1. The fraction of sp³-hybridized carbons (Fsp3) is 1.00. The Morgan fingerprint density at radius 1 is 1.37 bits per heavy atom. The van der Waals surface area contributed by atoms with Crippen LogP contribution in [0.5, 0.6) is 0 Å². The van der Waals surface area contributed by atoms with Gasteiger partial charge in [0, 0.05) is 17.4 Å². The summed E-state index contributed by atoms with van der Waals surface area (Å²) in [5.74, 6) is 0. The van der Waals surface area contributed by atoms with Gasteiger partial charge in [0.25, 0.3) is 0 Å². The minimum atomic E-state index is -0.811. The molecule has 0 aromatic heterocycles. The predicted octanol–water partition coefficient (Wildman–Crippen LogP) is 3.00. The summed E-state index contributed by atoms with van der Waals surface area (Å²) >= 11 is 6.37. The summed E-state index contributed by atoms with van der Waals surface area (Å²) in [5, 5.41) is 20.7. The van der Waals surface area contributed by atoms with Crippen LogP contribution in [-0.2, 0) is 4.74 Å². The van der Waals surface area contributed by atoms with E-state index >= 15 is 0 Å².